The van der Waals surface area contributed by atoms with Gasteiger partial charge in [0.2, 0.25) is 5.91 Å². The highest BCUT2D eigenvalue weighted by atomic mass is 32.2. The summed E-state index contributed by atoms with van der Waals surface area (Å²) in [5.41, 5.74) is 4.95. The zero-order chi connectivity index (χ0) is 17.2. The number of amides is 1. The van der Waals surface area contributed by atoms with Crippen molar-refractivity contribution in [3.8, 4) is 11.1 Å². The molecule has 0 unspecified atom stereocenters. The van der Waals surface area contributed by atoms with E-state index < -0.39 is 0 Å². The van der Waals surface area contributed by atoms with Crippen LogP contribution in [0.25, 0.3) is 11.1 Å². The molecule has 1 amide bonds. The quantitative estimate of drug-likeness (QED) is 0.412. The largest absolute Gasteiger partial charge is 0.354 e. The summed E-state index contributed by atoms with van der Waals surface area (Å²) < 4.78 is 8.56. The minimum atomic E-state index is 0.0460. The third-order valence-corrected chi connectivity index (χ3v) is 4.16. The number of hydrogen-bond acceptors (Lipinski definition) is 4. The Morgan fingerprint density at radius 2 is 1.96 bits per heavy atom. The van der Waals surface area contributed by atoms with Crippen molar-refractivity contribution in [2.75, 3.05) is 13.2 Å². The lowest BCUT2D eigenvalue weighted by Crippen LogP contribution is -2.25. The van der Waals surface area contributed by atoms with Gasteiger partial charge in [-0.25, -0.2) is 4.72 Å². The normalized spacial score (nSPS) is 10.6. The number of benzene rings is 2. The molecular weight excluding hydrogens is 320 g/mol. The fourth-order valence-corrected chi connectivity index (χ4v) is 2.74. The van der Waals surface area contributed by atoms with E-state index in [0.717, 1.165) is 0 Å². The molecule has 0 bridgehead atoms. The van der Waals surface area contributed by atoms with Crippen LogP contribution < -0.4 is 10.0 Å². The van der Waals surface area contributed by atoms with E-state index in [2.05, 4.69) is 59.4 Å². The monoisotopic (exact) mass is 344 g/mol. The van der Waals surface area contributed by atoms with E-state index in [0.29, 0.717) is 26.1 Å². The molecule has 2 rings (SSSR count). The summed E-state index contributed by atoms with van der Waals surface area (Å²) in [5.74, 6) is 0.0460. The molecule has 0 aliphatic carbocycles. The Labute approximate surface area is 148 Å². The lowest BCUT2D eigenvalue weighted by molar-refractivity contribution is -0.120. The van der Waals surface area contributed by atoms with E-state index in [1.165, 1.54) is 34.5 Å². The van der Waals surface area contributed by atoms with E-state index in [9.17, 15) is 4.79 Å². The van der Waals surface area contributed by atoms with Crippen LogP contribution in [0.15, 0.2) is 48.5 Å². The number of aryl methyl sites for hydroxylation is 1. The van der Waals surface area contributed by atoms with Gasteiger partial charge in [0.05, 0.1) is 18.8 Å². The van der Waals surface area contributed by atoms with Crippen molar-refractivity contribution in [1.82, 2.24) is 10.0 Å². The Kier molecular flexibility index (Phi) is 7.82. The molecule has 0 saturated heterocycles. The van der Waals surface area contributed by atoms with Crippen molar-refractivity contribution in [3.05, 3.63) is 59.7 Å². The molecule has 2 aromatic rings. The maximum absolute atomic E-state index is 11.1. The van der Waals surface area contributed by atoms with Gasteiger partial charge >= 0.3 is 0 Å². The number of carbonyl (C=O) groups is 1. The van der Waals surface area contributed by atoms with Crippen LogP contribution in [0.5, 0.6) is 0 Å². The second kappa shape index (κ2) is 10.1. The van der Waals surface area contributed by atoms with E-state index in [-0.39, 0.29) is 5.91 Å². The molecule has 4 nitrogen and oxygen atoms in total. The fourth-order valence-electron chi connectivity index (χ4n) is 2.26. The van der Waals surface area contributed by atoms with E-state index >= 15 is 0 Å². The third kappa shape index (κ3) is 6.00. The van der Waals surface area contributed by atoms with Crippen LogP contribution in [0.4, 0.5) is 0 Å². The fraction of sp³-hybridized carbons (Fsp3) is 0.316. The number of hydrogen-bond donors (Lipinski definition) is 2. The van der Waals surface area contributed by atoms with Gasteiger partial charge in [0.1, 0.15) is 0 Å². The molecule has 0 spiro atoms. The molecule has 0 heterocycles. The Morgan fingerprint density at radius 1 is 1.17 bits per heavy atom. The third-order valence-electron chi connectivity index (χ3n) is 3.61. The van der Waals surface area contributed by atoms with Gasteiger partial charge in [0.25, 0.3) is 0 Å². The SMILES string of the molecule is CCC(=O)NCCOSNCc1ccc(C)c(-c2ccccc2)c1. The van der Waals surface area contributed by atoms with Gasteiger partial charge in [-0.15, -0.1) is 0 Å². The van der Waals surface area contributed by atoms with Crippen LogP contribution >= 0.6 is 12.2 Å². The Bertz CT molecular complexity index is 647. The zero-order valence-electron chi connectivity index (χ0n) is 14.2. The van der Waals surface area contributed by atoms with E-state index in [4.69, 9.17) is 4.18 Å². The van der Waals surface area contributed by atoms with Crippen molar-refractivity contribution >= 4 is 18.1 Å². The summed E-state index contributed by atoms with van der Waals surface area (Å²) in [6.45, 7) is 5.68. The molecule has 2 aromatic carbocycles. The minimum Gasteiger partial charge on any atom is -0.354 e. The first-order valence-electron chi connectivity index (χ1n) is 8.13. The summed E-state index contributed by atoms with van der Waals surface area (Å²) in [5, 5.41) is 2.77. The van der Waals surface area contributed by atoms with Crippen LogP contribution in [0, 0.1) is 6.92 Å². The molecule has 2 N–H and O–H groups in total. The summed E-state index contributed by atoms with van der Waals surface area (Å²) in [6, 6.07) is 16.9. The number of rotatable bonds is 9. The predicted octanol–water partition coefficient (Wildman–Crippen LogP) is 3.86. The van der Waals surface area contributed by atoms with Gasteiger partial charge in [-0.1, -0.05) is 49.4 Å². The molecule has 0 radical (unpaired) electrons. The van der Waals surface area contributed by atoms with Gasteiger partial charge < -0.3 is 5.32 Å². The van der Waals surface area contributed by atoms with Crippen LogP contribution in [0.1, 0.15) is 24.5 Å². The smallest absolute Gasteiger partial charge is 0.219 e. The molecule has 128 valence electrons. The maximum atomic E-state index is 11.1. The molecule has 0 aliphatic heterocycles. The topological polar surface area (TPSA) is 50.4 Å². The van der Waals surface area contributed by atoms with Crippen molar-refractivity contribution in [2.45, 2.75) is 26.8 Å². The molecule has 0 fully saturated rings. The first kappa shape index (κ1) is 18.5. The van der Waals surface area contributed by atoms with Crippen molar-refractivity contribution in [1.29, 1.82) is 0 Å². The average molecular weight is 344 g/mol. The zero-order valence-corrected chi connectivity index (χ0v) is 15.0. The highest BCUT2D eigenvalue weighted by Crippen LogP contribution is 2.24. The van der Waals surface area contributed by atoms with Gasteiger partial charge in [-0.05, 0) is 35.2 Å². The summed E-state index contributed by atoms with van der Waals surface area (Å²) in [6.07, 6.45) is 0.503. The second-order valence-electron chi connectivity index (χ2n) is 5.45. The molecule has 24 heavy (non-hydrogen) atoms. The number of carbonyl (C=O) groups excluding carboxylic acids is 1. The summed E-state index contributed by atoms with van der Waals surface area (Å²) >= 11 is 1.21. The highest BCUT2D eigenvalue weighted by molar-refractivity contribution is 7.92. The lowest BCUT2D eigenvalue weighted by atomic mass is 9.98. The highest BCUT2D eigenvalue weighted by Gasteiger charge is 2.03. The standard InChI is InChI=1S/C19H24N2O2S/c1-3-19(22)20-11-12-23-24-21-14-16-10-9-15(2)18(13-16)17-7-5-4-6-8-17/h4-10,13,21H,3,11-12,14H2,1-2H3,(H,20,22). The second-order valence-corrected chi connectivity index (χ2v) is 6.14. The van der Waals surface area contributed by atoms with Crippen molar-refractivity contribution in [3.63, 3.8) is 0 Å². The molecule has 0 aliphatic rings. The Balaban J connectivity index is 1.77. The summed E-state index contributed by atoms with van der Waals surface area (Å²) in [4.78, 5) is 11.1. The first-order chi connectivity index (χ1) is 11.7. The Morgan fingerprint density at radius 3 is 2.71 bits per heavy atom. The summed E-state index contributed by atoms with van der Waals surface area (Å²) in [7, 11) is 0. The lowest BCUT2D eigenvalue weighted by Gasteiger charge is -2.10. The van der Waals surface area contributed by atoms with E-state index in [1.807, 2.05) is 13.0 Å². The number of nitrogens with one attached hydrogen (secondary N) is 2. The van der Waals surface area contributed by atoms with Crippen LogP contribution in [0.3, 0.4) is 0 Å². The first-order valence-corrected chi connectivity index (χ1v) is 8.88. The molecular formula is C19H24N2O2S. The van der Waals surface area contributed by atoms with Gasteiger partial charge in [0, 0.05) is 19.5 Å². The predicted molar refractivity (Wildman–Crippen MR) is 100 cm³/mol. The van der Waals surface area contributed by atoms with Gasteiger partial charge in [-0.2, -0.15) is 0 Å². The van der Waals surface area contributed by atoms with E-state index in [1.54, 1.807) is 0 Å². The van der Waals surface area contributed by atoms with Crippen LogP contribution in [-0.2, 0) is 15.5 Å². The van der Waals surface area contributed by atoms with Crippen LogP contribution in [0.2, 0.25) is 0 Å². The Hall–Kier alpha value is -1.82. The molecule has 0 atom stereocenters. The molecule has 0 aromatic heterocycles. The molecule has 5 heteroatoms. The molecule has 0 saturated carbocycles. The van der Waals surface area contributed by atoms with Crippen molar-refractivity contribution in [2.24, 2.45) is 0 Å². The average Bonchev–Trinajstić information content (AvgIpc) is 2.62. The van der Waals surface area contributed by atoms with Gasteiger partial charge in [-0.3, -0.25) is 8.98 Å². The maximum Gasteiger partial charge on any atom is 0.219 e. The van der Waals surface area contributed by atoms with Gasteiger partial charge in [0.15, 0.2) is 0 Å². The van der Waals surface area contributed by atoms with Crippen LogP contribution in [-0.4, -0.2) is 19.1 Å². The van der Waals surface area contributed by atoms with Crippen molar-refractivity contribution < 1.29 is 8.98 Å². The minimum absolute atomic E-state index is 0.0460.